The van der Waals surface area contributed by atoms with Crippen LogP contribution >= 0.6 is 0 Å². The van der Waals surface area contributed by atoms with Crippen LogP contribution in [0.2, 0.25) is 0 Å². The normalized spacial score (nSPS) is 11.1. The van der Waals surface area contributed by atoms with Crippen molar-refractivity contribution in [3.63, 3.8) is 0 Å². The predicted molar refractivity (Wildman–Crippen MR) is 161 cm³/mol. The minimum atomic E-state index is -0.550. The molecule has 0 saturated carbocycles. The Hall–Kier alpha value is -5.50. The Labute approximate surface area is 247 Å². The van der Waals surface area contributed by atoms with Gasteiger partial charge in [0.2, 0.25) is 11.6 Å². The fourth-order valence-corrected chi connectivity index (χ4v) is 4.34. The quantitative estimate of drug-likeness (QED) is 0.195. The van der Waals surface area contributed by atoms with Crippen molar-refractivity contribution in [3.8, 4) is 17.1 Å². The summed E-state index contributed by atoms with van der Waals surface area (Å²) in [5, 5.41) is 8.18. The molecule has 43 heavy (non-hydrogen) atoms. The molecule has 0 aliphatic rings. The molecule has 0 aliphatic heterocycles. The molecule has 14 heteroatoms. The smallest absolute Gasteiger partial charge is 0.292 e. The van der Waals surface area contributed by atoms with Gasteiger partial charge < -0.3 is 39.7 Å². The van der Waals surface area contributed by atoms with Crippen LogP contribution in [0.1, 0.15) is 31.6 Å². The number of ether oxygens (including phenoxy) is 1. The fourth-order valence-electron chi connectivity index (χ4n) is 4.34. The fraction of sp³-hybridized carbons (Fsp3) is 0.241. The maximum Gasteiger partial charge on any atom is 0.292 e. The molecular weight excluding hydrogens is 552 g/mol. The van der Waals surface area contributed by atoms with Crippen molar-refractivity contribution in [1.82, 2.24) is 39.3 Å². The van der Waals surface area contributed by atoms with Crippen LogP contribution in [0.5, 0.6) is 5.75 Å². The number of aromatic nitrogens is 6. The van der Waals surface area contributed by atoms with Gasteiger partial charge in [-0.1, -0.05) is 0 Å². The maximum atomic E-state index is 13.0. The number of nitrogens with one attached hydrogen (secondary N) is 4. The highest BCUT2D eigenvalue weighted by molar-refractivity contribution is 6.06. The number of benzene rings is 2. The monoisotopic (exact) mass is 584 g/mol. The third-order valence-corrected chi connectivity index (χ3v) is 6.59. The van der Waals surface area contributed by atoms with Crippen LogP contribution in [0.15, 0.2) is 54.9 Å². The summed E-state index contributed by atoms with van der Waals surface area (Å²) in [4.78, 5) is 56.8. The minimum Gasteiger partial charge on any atom is -0.497 e. The molecule has 0 saturated heterocycles. The van der Waals surface area contributed by atoms with E-state index in [4.69, 9.17) is 4.74 Å². The SMILES string of the molecule is COc1ccc(-c2nc3ccc(C(=O)Nc4cn(C)c(C(=O)Nc5cn(C)c(C(=O)NCCN(C)C)n5)n4)cc3[nH]2)cc1. The highest BCUT2D eigenvalue weighted by Gasteiger charge is 2.20. The number of rotatable bonds is 10. The Balaban J connectivity index is 1.24. The van der Waals surface area contributed by atoms with Crippen LogP contribution in [0.25, 0.3) is 22.4 Å². The van der Waals surface area contributed by atoms with Gasteiger partial charge in [-0.2, -0.15) is 0 Å². The van der Waals surface area contributed by atoms with Gasteiger partial charge in [0.15, 0.2) is 11.6 Å². The molecule has 5 rings (SSSR count). The number of aromatic amines is 1. The summed E-state index contributed by atoms with van der Waals surface area (Å²) in [6.07, 6.45) is 3.07. The standard InChI is InChI=1S/C29H32N10O4/c1-37(2)13-12-30-28(41)25-33-23(16-38(25)3)36-29(42)26-34-22(15-39(26)4)35-27(40)18-8-11-20-21(14-18)32-24(31-20)17-6-9-19(43-5)10-7-17/h6-11,14-16H,12-13H2,1-5H3,(H,30,41)(H,31,32)(H,35,40)(H,36,42). The average molecular weight is 585 g/mol. The molecule has 0 bridgehead atoms. The highest BCUT2D eigenvalue weighted by Crippen LogP contribution is 2.24. The van der Waals surface area contributed by atoms with E-state index in [9.17, 15) is 14.4 Å². The van der Waals surface area contributed by atoms with Crippen molar-refractivity contribution >= 4 is 40.4 Å². The van der Waals surface area contributed by atoms with E-state index in [0.717, 1.165) is 11.3 Å². The van der Waals surface area contributed by atoms with Crippen molar-refractivity contribution in [2.45, 2.75) is 0 Å². The van der Waals surface area contributed by atoms with E-state index in [1.54, 1.807) is 39.4 Å². The number of anilines is 2. The number of aryl methyl sites for hydroxylation is 2. The summed E-state index contributed by atoms with van der Waals surface area (Å²) in [6, 6.07) is 12.6. The van der Waals surface area contributed by atoms with Gasteiger partial charge in [-0.15, -0.1) is 0 Å². The zero-order valence-electron chi connectivity index (χ0n) is 24.4. The van der Waals surface area contributed by atoms with E-state index >= 15 is 0 Å². The highest BCUT2D eigenvalue weighted by atomic mass is 16.5. The summed E-state index contributed by atoms with van der Waals surface area (Å²) in [5.74, 6) is 0.711. The molecule has 3 amide bonds. The van der Waals surface area contributed by atoms with Gasteiger partial charge in [-0.3, -0.25) is 14.4 Å². The van der Waals surface area contributed by atoms with Gasteiger partial charge in [0, 0.05) is 50.7 Å². The van der Waals surface area contributed by atoms with Crippen LogP contribution in [0, 0.1) is 0 Å². The summed E-state index contributed by atoms with van der Waals surface area (Å²) in [5.41, 5.74) is 2.68. The lowest BCUT2D eigenvalue weighted by Gasteiger charge is -2.09. The Morgan fingerprint density at radius 2 is 1.49 bits per heavy atom. The topological polar surface area (TPSA) is 164 Å². The Kier molecular flexibility index (Phi) is 8.20. The molecule has 2 aromatic carbocycles. The second-order valence-electron chi connectivity index (χ2n) is 10.1. The van der Waals surface area contributed by atoms with E-state index in [2.05, 4.69) is 35.9 Å². The zero-order valence-corrected chi connectivity index (χ0v) is 24.4. The van der Waals surface area contributed by atoms with Gasteiger partial charge in [-0.05, 0) is 56.6 Å². The molecule has 14 nitrogen and oxygen atoms in total. The van der Waals surface area contributed by atoms with E-state index in [-0.39, 0.29) is 29.2 Å². The number of likely N-dealkylation sites (N-methyl/N-ethyl adjacent to an activating group) is 1. The van der Waals surface area contributed by atoms with Gasteiger partial charge >= 0.3 is 0 Å². The first-order valence-corrected chi connectivity index (χ1v) is 13.4. The van der Waals surface area contributed by atoms with Crippen molar-refractivity contribution in [1.29, 1.82) is 0 Å². The Morgan fingerprint density at radius 3 is 2.12 bits per heavy atom. The largest absolute Gasteiger partial charge is 0.497 e. The lowest BCUT2D eigenvalue weighted by Crippen LogP contribution is -2.32. The molecule has 0 aliphatic carbocycles. The van der Waals surface area contributed by atoms with E-state index in [1.165, 1.54) is 21.5 Å². The van der Waals surface area contributed by atoms with Crippen LogP contribution in [0.4, 0.5) is 11.6 Å². The molecule has 0 atom stereocenters. The summed E-state index contributed by atoms with van der Waals surface area (Å²) in [7, 11) is 8.73. The van der Waals surface area contributed by atoms with E-state index < -0.39 is 11.8 Å². The van der Waals surface area contributed by atoms with Crippen molar-refractivity contribution < 1.29 is 19.1 Å². The first-order chi connectivity index (χ1) is 20.6. The lowest BCUT2D eigenvalue weighted by atomic mass is 10.2. The maximum absolute atomic E-state index is 13.0. The Bertz CT molecular complexity index is 1800. The second kappa shape index (κ2) is 12.2. The van der Waals surface area contributed by atoms with E-state index in [1.807, 2.05) is 43.3 Å². The Morgan fingerprint density at radius 1 is 0.860 bits per heavy atom. The molecule has 0 radical (unpaired) electrons. The van der Waals surface area contributed by atoms with Gasteiger partial charge in [0.1, 0.15) is 11.6 Å². The number of hydrogen-bond acceptors (Lipinski definition) is 8. The van der Waals surface area contributed by atoms with Gasteiger partial charge in [0.25, 0.3) is 17.7 Å². The third kappa shape index (κ3) is 6.54. The van der Waals surface area contributed by atoms with Crippen LogP contribution in [-0.2, 0) is 14.1 Å². The van der Waals surface area contributed by atoms with Crippen LogP contribution in [-0.4, -0.2) is 86.0 Å². The summed E-state index contributed by atoms with van der Waals surface area (Å²) in [6.45, 7) is 1.14. The number of carbonyl (C=O) groups is 3. The van der Waals surface area contributed by atoms with Gasteiger partial charge in [-0.25, -0.2) is 15.0 Å². The molecule has 222 valence electrons. The van der Waals surface area contributed by atoms with Crippen LogP contribution in [0.3, 0.4) is 0 Å². The third-order valence-electron chi connectivity index (χ3n) is 6.59. The molecule has 5 aromatic rings. The number of fused-ring (bicyclic) bond motifs is 1. The van der Waals surface area contributed by atoms with Crippen molar-refractivity contribution in [3.05, 3.63) is 72.1 Å². The molecule has 3 aromatic heterocycles. The molecular formula is C29H32N10O4. The molecule has 4 N–H and O–H groups in total. The number of methoxy groups -OCH3 is 1. The number of imidazole rings is 3. The van der Waals surface area contributed by atoms with Crippen molar-refractivity contribution in [2.75, 3.05) is 44.9 Å². The number of nitrogens with zero attached hydrogens (tertiary/aromatic N) is 6. The molecule has 3 heterocycles. The summed E-state index contributed by atoms with van der Waals surface area (Å²) < 4.78 is 8.23. The predicted octanol–water partition coefficient (Wildman–Crippen LogP) is 2.50. The first kappa shape index (κ1) is 29.0. The van der Waals surface area contributed by atoms with Gasteiger partial charge in [0.05, 0.1) is 18.1 Å². The summed E-state index contributed by atoms with van der Waals surface area (Å²) >= 11 is 0. The second-order valence-corrected chi connectivity index (χ2v) is 10.1. The first-order valence-electron chi connectivity index (χ1n) is 13.4. The molecule has 0 spiro atoms. The average Bonchev–Trinajstić information content (AvgIpc) is 3.68. The lowest BCUT2D eigenvalue weighted by molar-refractivity contribution is 0.0935. The molecule has 0 unspecified atom stereocenters. The number of hydrogen-bond donors (Lipinski definition) is 4. The number of carbonyl (C=O) groups excluding carboxylic acids is 3. The molecule has 0 fully saturated rings. The number of amides is 3. The van der Waals surface area contributed by atoms with Crippen molar-refractivity contribution in [2.24, 2.45) is 14.1 Å². The van der Waals surface area contributed by atoms with Crippen LogP contribution < -0.4 is 20.7 Å². The minimum absolute atomic E-state index is 0.0473. The van der Waals surface area contributed by atoms with E-state index in [0.29, 0.717) is 35.5 Å². The number of H-pyrrole nitrogens is 1. The zero-order chi connectivity index (χ0) is 30.7.